The third kappa shape index (κ3) is 7.65. The molecule has 2 aliphatic rings. The van der Waals surface area contributed by atoms with Crippen molar-refractivity contribution in [3.8, 4) is 0 Å². The van der Waals surface area contributed by atoms with Crippen LogP contribution in [0.5, 0.6) is 0 Å². The highest BCUT2D eigenvalue weighted by atomic mass is 16.4. The van der Waals surface area contributed by atoms with Crippen LogP contribution in [0.3, 0.4) is 0 Å². The van der Waals surface area contributed by atoms with E-state index in [1.54, 1.807) is 39.0 Å². The van der Waals surface area contributed by atoms with Crippen LogP contribution in [0.15, 0.2) is 53.6 Å². The first kappa shape index (κ1) is 31.4. The van der Waals surface area contributed by atoms with E-state index in [0.29, 0.717) is 17.1 Å². The van der Waals surface area contributed by atoms with Crippen molar-refractivity contribution in [3.63, 3.8) is 0 Å². The van der Waals surface area contributed by atoms with E-state index >= 15 is 0 Å². The largest absolute Gasteiger partial charge is 0.480 e. The molecule has 2 aromatic rings. The predicted molar refractivity (Wildman–Crippen MR) is 164 cm³/mol. The maximum absolute atomic E-state index is 14.0. The molecule has 11 heteroatoms. The minimum Gasteiger partial charge on any atom is -0.480 e. The number of benzene rings is 2. The van der Waals surface area contributed by atoms with Crippen molar-refractivity contribution in [2.75, 3.05) is 34.8 Å². The predicted octanol–water partition coefficient (Wildman–Crippen LogP) is 4.90. The topological polar surface area (TPSA) is 140 Å². The van der Waals surface area contributed by atoms with Crippen LogP contribution >= 0.6 is 0 Å². The van der Waals surface area contributed by atoms with Gasteiger partial charge in [-0.1, -0.05) is 64.3 Å². The highest BCUT2D eigenvalue weighted by molar-refractivity contribution is 6.13. The van der Waals surface area contributed by atoms with E-state index in [-0.39, 0.29) is 18.2 Å². The van der Waals surface area contributed by atoms with Crippen LogP contribution < -0.4 is 15.1 Å². The Morgan fingerprint density at radius 1 is 1.00 bits per heavy atom. The number of carbonyl (C=O) groups excluding carboxylic acids is 4. The lowest BCUT2D eigenvalue weighted by Crippen LogP contribution is -2.47. The summed E-state index contributed by atoms with van der Waals surface area (Å²) < 4.78 is 0. The van der Waals surface area contributed by atoms with Gasteiger partial charge in [-0.15, -0.1) is 0 Å². The monoisotopic (exact) mass is 589 g/mol. The number of aliphatic carboxylic acids is 1. The Hall–Kier alpha value is -4.54. The highest BCUT2D eigenvalue weighted by Crippen LogP contribution is 2.34. The number of ketones is 1. The molecule has 1 aliphatic carbocycles. The van der Waals surface area contributed by atoms with Crippen LogP contribution in [0.4, 0.5) is 21.9 Å². The van der Waals surface area contributed by atoms with Gasteiger partial charge in [0.1, 0.15) is 13.1 Å². The van der Waals surface area contributed by atoms with Crippen molar-refractivity contribution in [1.29, 1.82) is 0 Å². The Balaban J connectivity index is 1.66. The zero-order chi connectivity index (χ0) is 31.3. The van der Waals surface area contributed by atoms with Crippen molar-refractivity contribution >= 4 is 52.4 Å². The number of carbonyl (C=O) groups is 5. The van der Waals surface area contributed by atoms with Gasteiger partial charge in [0, 0.05) is 35.2 Å². The maximum Gasteiger partial charge on any atom is 0.345 e. The molecule has 1 aliphatic heterocycles. The standard InChI is InChI=1S/C32H39N5O6/c1-21(38)35(20-29(41)42)24-14-10-13-23(17-24)33-28(40)19-37-31(43)36(18-27(39)32(2,3)4)26-16-9-8-15-25(26)30(34-37)22-11-6-5-7-12-22/h8-10,13-17,22H,5-7,11-12,18-20H2,1-4H3,(H,33,40)(H,41,42). The molecule has 0 saturated heterocycles. The quantitative estimate of drug-likeness (QED) is 0.426. The van der Waals surface area contributed by atoms with E-state index in [1.165, 1.54) is 17.9 Å². The molecule has 0 bridgehead atoms. The molecular weight excluding hydrogens is 550 g/mol. The lowest BCUT2D eigenvalue weighted by molar-refractivity contribution is -0.136. The molecule has 1 saturated carbocycles. The third-order valence-electron chi connectivity index (χ3n) is 7.69. The molecule has 2 N–H and O–H groups in total. The number of fused-ring (bicyclic) bond motifs is 1. The first-order chi connectivity index (χ1) is 20.3. The second kappa shape index (κ2) is 13.2. The number of amides is 4. The molecule has 43 heavy (non-hydrogen) atoms. The van der Waals surface area contributed by atoms with Crippen LogP contribution in [-0.2, 0) is 19.2 Å². The molecule has 1 heterocycles. The van der Waals surface area contributed by atoms with Crippen molar-refractivity contribution in [2.24, 2.45) is 16.4 Å². The number of para-hydroxylation sites is 1. The summed E-state index contributed by atoms with van der Waals surface area (Å²) >= 11 is 0. The Labute approximate surface area is 251 Å². The minimum atomic E-state index is -1.17. The summed E-state index contributed by atoms with van der Waals surface area (Å²) in [5.74, 6) is -2.20. The number of hydrazone groups is 1. The molecule has 0 aromatic heterocycles. The smallest absolute Gasteiger partial charge is 0.345 e. The molecule has 228 valence electrons. The van der Waals surface area contributed by atoms with E-state index in [4.69, 9.17) is 5.10 Å². The number of rotatable bonds is 9. The summed E-state index contributed by atoms with van der Waals surface area (Å²) in [6.45, 7) is 5.55. The van der Waals surface area contributed by atoms with E-state index in [0.717, 1.165) is 53.3 Å². The molecule has 4 amide bonds. The van der Waals surface area contributed by atoms with E-state index < -0.39 is 42.3 Å². The van der Waals surface area contributed by atoms with Crippen LogP contribution in [-0.4, -0.2) is 65.1 Å². The fourth-order valence-electron chi connectivity index (χ4n) is 5.32. The number of carboxylic acid groups (broad SMARTS) is 1. The maximum atomic E-state index is 14.0. The van der Waals surface area contributed by atoms with Crippen molar-refractivity contribution in [3.05, 3.63) is 54.1 Å². The van der Waals surface area contributed by atoms with E-state index in [1.807, 2.05) is 24.3 Å². The summed E-state index contributed by atoms with van der Waals surface area (Å²) in [5.41, 5.74) is 2.04. The minimum absolute atomic E-state index is 0.106. The molecule has 4 rings (SSSR count). The van der Waals surface area contributed by atoms with Gasteiger partial charge in [-0.25, -0.2) is 9.80 Å². The Bertz CT molecular complexity index is 1440. The second-order valence-electron chi connectivity index (χ2n) is 12.0. The first-order valence-electron chi connectivity index (χ1n) is 14.5. The normalized spacial score (nSPS) is 15.7. The number of nitrogens with one attached hydrogen (secondary N) is 1. The number of urea groups is 1. The van der Waals surface area contributed by atoms with Crippen LogP contribution in [0.25, 0.3) is 0 Å². The van der Waals surface area contributed by atoms with Crippen molar-refractivity contribution in [2.45, 2.75) is 59.8 Å². The zero-order valence-electron chi connectivity index (χ0n) is 25.1. The number of hydrogen-bond acceptors (Lipinski definition) is 6. The average molecular weight is 590 g/mol. The van der Waals surface area contributed by atoms with Crippen molar-refractivity contribution < 1.29 is 29.1 Å². The van der Waals surface area contributed by atoms with Crippen LogP contribution in [0.1, 0.15) is 65.4 Å². The van der Waals surface area contributed by atoms with Gasteiger partial charge in [0.15, 0.2) is 5.78 Å². The molecule has 0 unspecified atom stereocenters. The average Bonchev–Trinajstić information content (AvgIpc) is 3.06. The number of nitrogens with zero attached hydrogens (tertiary/aromatic N) is 4. The van der Waals surface area contributed by atoms with Gasteiger partial charge >= 0.3 is 12.0 Å². The third-order valence-corrected chi connectivity index (χ3v) is 7.69. The number of hydrogen-bond donors (Lipinski definition) is 2. The number of carboxylic acids is 1. The molecule has 0 atom stereocenters. The van der Waals surface area contributed by atoms with Crippen molar-refractivity contribution in [1.82, 2.24) is 5.01 Å². The van der Waals surface area contributed by atoms with Crippen LogP contribution in [0, 0.1) is 11.3 Å². The molecule has 0 radical (unpaired) electrons. The van der Waals surface area contributed by atoms with Gasteiger partial charge in [-0.05, 0) is 37.1 Å². The van der Waals surface area contributed by atoms with Gasteiger partial charge < -0.3 is 15.3 Å². The van der Waals surface area contributed by atoms with Gasteiger partial charge in [-0.3, -0.25) is 24.1 Å². The zero-order valence-corrected chi connectivity index (χ0v) is 25.1. The van der Waals surface area contributed by atoms with Crippen LogP contribution in [0.2, 0.25) is 0 Å². The molecule has 11 nitrogen and oxygen atoms in total. The fraction of sp³-hybridized carbons (Fsp3) is 0.438. The summed E-state index contributed by atoms with van der Waals surface area (Å²) in [7, 11) is 0. The number of anilines is 3. The van der Waals surface area contributed by atoms with E-state index in [2.05, 4.69) is 5.32 Å². The summed E-state index contributed by atoms with van der Waals surface area (Å²) in [4.78, 5) is 66.3. The number of Topliss-reactive ketones (excluding diaryl/α,β-unsaturated/α-hetero) is 1. The summed E-state index contributed by atoms with van der Waals surface area (Å²) in [5, 5.41) is 17.9. The van der Waals surface area contributed by atoms with Gasteiger partial charge in [0.25, 0.3) is 0 Å². The van der Waals surface area contributed by atoms with Gasteiger partial charge in [0.2, 0.25) is 11.8 Å². The SMILES string of the molecule is CC(=O)N(CC(=O)O)c1cccc(NC(=O)CN2N=C(C3CCCCC3)c3ccccc3N(CC(=O)C(C)(C)C)C2=O)c1. The molecule has 2 aromatic carbocycles. The summed E-state index contributed by atoms with van der Waals surface area (Å²) in [6.07, 6.45) is 5.05. The molecule has 0 spiro atoms. The molecule has 1 fully saturated rings. The van der Waals surface area contributed by atoms with Gasteiger partial charge in [0.05, 0.1) is 17.9 Å². The second-order valence-corrected chi connectivity index (χ2v) is 12.0. The Morgan fingerprint density at radius 2 is 1.70 bits per heavy atom. The Morgan fingerprint density at radius 3 is 2.35 bits per heavy atom. The van der Waals surface area contributed by atoms with Gasteiger partial charge in [-0.2, -0.15) is 5.10 Å². The lowest BCUT2D eigenvalue weighted by Gasteiger charge is -2.28. The fourth-order valence-corrected chi connectivity index (χ4v) is 5.32. The highest BCUT2D eigenvalue weighted by Gasteiger charge is 2.36. The van der Waals surface area contributed by atoms with E-state index in [9.17, 15) is 29.1 Å². The first-order valence-corrected chi connectivity index (χ1v) is 14.5. The summed E-state index contributed by atoms with van der Waals surface area (Å²) in [6, 6.07) is 13.1. The Kier molecular flexibility index (Phi) is 9.63. The molecular formula is C32H39N5O6. The lowest BCUT2D eigenvalue weighted by atomic mass is 9.83.